The fourth-order valence-corrected chi connectivity index (χ4v) is 2.87. The van der Waals surface area contributed by atoms with Crippen molar-refractivity contribution < 1.29 is 9.84 Å². The van der Waals surface area contributed by atoms with E-state index in [9.17, 15) is 5.11 Å². The fraction of sp³-hybridized carbons (Fsp3) is 0.250. The average molecular weight is 337 g/mol. The van der Waals surface area contributed by atoms with Crippen LogP contribution in [0.4, 0.5) is 0 Å². The Balaban J connectivity index is 1.63. The molecule has 0 radical (unpaired) electrons. The van der Waals surface area contributed by atoms with Crippen LogP contribution < -0.4 is 10.1 Å². The molecule has 0 bridgehead atoms. The quantitative estimate of drug-likeness (QED) is 0.619. The molecule has 1 unspecified atom stereocenters. The number of H-pyrrole nitrogens is 1. The molecule has 0 saturated heterocycles. The SMILES string of the molecule is COc1ccc(-c2[nH]ncc2CNCC(O)c2ccccc2C)cc1. The third-order valence-corrected chi connectivity index (χ3v) is 4.30. The third kappa shape index (κ3) is 4.07. The van der Waals surface area contributed by atoms with Crippen molar-refractivity contribution in [2.24, 2.45) is 0 Å². The molecule has 3 aromatic rings. The van der Waals surface area contributed by atoms with E-state index in [0.717, 1.165) is 33.7 Å². The number of aliphatic hydroxyl groups excluding tert-OH is 1. The highest BCUT2D eigenvalue weighted by Gasteiger charge is 2.11. The minimum Gasteiger partial charge on any atom is -0.497 e. The van der Waals surface area contributed by atoms with E-state index in [1.54, 1.807) is 7.11 Å². The van der Waals surface area contributed by atoms with E-state index in [-0.39, 0.29) is 0 Å². The Kier molecular flexibility index (Phi) is 5.48. The molecule has 0 fully saturated rings. The number of ether oxygens (including phenoxy) is 1. The molecule has 0 saturated carbocycles. The Bertz CT molecular complexity index is 812. The van der Waals surface area contributed by atoms with Gasteiger partial charge in [-0.1, -0.05) is 24.3 Å². The molecule has 0 aliphatic carbocycles. The fourth-order valence-electron chi connectivity index (χ4n) is 2.87. The minimum atomic E-state index is -0.530. The Hall–Kier alpha value is -2.63. The van der Waals surface area contributed by atoms with Gasteiger partial charge in [0, 0.05) is 24.2 Å². The Morgan fingerprint density at radius 3 is 2.64 bits per heavy atom. The summed E-state index contributed by atoms with van der Waals surface area (Å²) in [6, 6.07) is 15.7. The van der Waals surface area contributed by atoms with Gasteiger partial charge in [-0.25, -0.2) is 0 Å². The molecule has 0 aliphatic heterocycles. The highest BCUT2D eigenvalue weighted by Crippen LogP contribution is 2.24. The minimum absolute atomic E-state index is 0.484. The van der Waals surface area contributed by atoms with E-state index in [2.05, 4.69) is 15.5 Å². The monoisotopic (exact) mass is 337 g/mol. The van der Waals surface area contributed by atoms with Gasteiger partial charge in [0.1, 0.15) is 5.75 Å². The highest BCUT2D eigenvalue weighted by atomic mass is 16.5. The largest absolute Gasteiger partial charge is 0.497 e. The number of hydrogen-bond acceptors (Lipinski definition) is 4. The number of aromatic amines is 1. The van der Waals surface area contributed by atoms with E-state index in [0.29, 0.717) is 13.1 Å². The van der Waals surface area contributed by atoms with Crippen LogP contribution in [-0.4, -0.2) is 29.0 Å². The van der Waals surface area contributed by atoms with Gasteiger partial charge in [-0.15, -0.1) is 0 Å². The number of hydrogen-bond donors (Lipinski definition) is 3. The maximum atomic E-state index is 10.4. The molecule has 130 valence electrons. The molecule has 3 rings (SSSR count). The topological polar surface area (TPSA) is 70.2 Å². The lowest BCUT2D eigenvalue weighted by molar-refractivity contribution is 0.173. The summed E-state index contributed by atoms with van der Waals surface area (Å²) in [6.07, 6.45) is 1.28. The van der Waals surface area contributed by atoms with Crippen molar-refractivity contribution in [3.05, 3.63) is 71.4 Å². The molecular weight excluding hydrogens is 314 g/mol. The van der Waals surface area contributed by atoms with E-state index < -0.39 is 6.10 Å². The van der Waals surface area contributed by atoms with E-state index in [1.807, 2.05) is 61.7 Å². The van der Waals surface area contributed by atoms with Crippen LogP contribution in [-0.2, 0) is 6.54 Å². The zero-order valence-electron chi connectivity index (χ0n) is 14.5. The molecule has 5 nitrogen and oxygen atoms in total. The summed E-state index contributed by atoms with van der Waals surface area (Å²) in [6.45, 7) is 3.12. The first-order chi connectivity index (χ1) is 12.2. The van der Waals surface area contributed by atoms with Gasteiger partial charge in [0.05, 0.1) is 25.1 Å². The molecule has 1 heterocycles. The summed E-state index contributed by atoms with van der Waals surface area (Å²) in [5, 5.41) is 20.9. The molecule has 0 spiro atoms. The molecule has 0 aliphatic rings. The average Bonchev–Trinajstić information content (AvgIpc) is 3.10. The van der Waals surface area contributed by atoms with Crippen LogP contribution in [0.2, 0.25) is 0 Å². The smallest absolute Gasteiger partial charge is 0.118 e. The van der Waals surface area contributed by atoms with Gasteiger partial charge in [0.25, 0.3) is 0 Å². The van der Waals surface area contributed by atoms with Gasteiger partial charge in [-0.3, -0.25) is 5.10 Å². The van der Waals surface area contributed by atoms with Crippen molar-refractivity contribution in [1.29, 1.82) is 0 Å². The number of methoxy groups -OCH3 is 1. The van der Waals surface area contributed by atoms with Gasteiger partial charge in [0.2, 0.25) is 0 Å². The number of rotatable bonds is 7. The highest BCUT2D eigenvalue weighted by molar-refractivity contribution is 5.63. The maximum Gasteiger partial charge on any atom is 0.118 e. The van der Waals surface area contributed by atoms with Gasteiger partial charge in [0.15, 0.2) is 0 Å². The normalized spacial score (nSPS) is 12.1. The lowest BCUT2D eigenvalue weighted by Crippen LogP contribution is -2.21. The molecule has 1 aromatic heterocycles. The Morgan fingerprint density at radius 2 is 1.92 bits per heavy atom. The predicted molar refractivity (Wildman–Crippen MR) is 98.4 cm³/mol. The van der Waals surface area contributed by atoms with E-state index >= 15 is 0 Å². The second kappa shape index (κ2) is 7.96. The van der Waals surface area contributed by atoms with Crippen LogP contribution in [0.5, 0.6) is 5.75 Å². The molecular formula is C20H23N3O2. The third-order valence-electron chi connectivity index (χ3n) is 4.30. The van der Waals surface area contributed by atoms with Crippen LogP contribution in [0.25, 0.3) is 11.3 Å². The predicted octanol–water partition coefficient (Wildman–Crippen LogP) is 3.22. The molecule has 3 N–H and O–H groups in total. The van der Waals surface area contributed by atoms with Crippen LogP contribution in [0.1, 0.15) is 22.8 Å². The summed E-state index contributed by atoms with van der Waals surface area (Å²) in [4.78, 5) is 0. The van der Waals surface area contributed by atoms with Crippen molar-refractivity contribution in [2.75, 3.05) is 13.7 Å². The lowest BCUT2D eigenvalue weighted by atomic mass is 10.0. The molecule has 25 heavy (non-hydrogen) atoms. The summed E-state index contributed by atoms with van der Waals surface area (Å²) in [5.74, 6) is 0.823. The number of nitrogens with one attached hydrogen (secondary N) is 2. The van der Waals surface area contributed by atoms with Crippen LogP contribution in [0.15, 0.2) is 54.7 Å². The van der Waals surface area contributed by atoms with Crippen LogP contribution in [0, 0.1) is 6.92 Å². The zero-order chi connectivity index (χ0) is 17.6. The van der Waals surface area contributed by atoms with Crippen molar-refractivity contribution in [3.8, 4) is 17.0 Å². The Morgan fingerprint density at radius 1 is 1.16 bits per heavy atom. The van der Waals surface area contributed by atoms with E-state index in [4.69, 9.17) is 4.74 Å². The Labute approximate surface area is 147 Å². The lowest BCUT2D eigenvalue weighted by Gasteiger charge is -2.14. The zero-order valence-corrected chi connectivity index (χ0v) is 14.5. The van der Waals surface area contributed by atoms with Crippen molar-refractivity contribution in [1.82, 2.24) is 15.5 Å². The second-order valence-electron chi connectivity index (χ2n) is 6.00. The van der Waals surface area contributed by atoms with Gasteiger partial charge >= 0.3 is 0 Å². The van der Waals surface area contributed by atoms with Crippen LogP contribution in [0.3, 0.4) is 0 Å². The standard InChI is InChI=1S/C20H23N3O2/c1-14-5-3-4-6-18(14)19(24)13-21-11-16-12-22-23-20(16)15-7-9-17(25-2)10-8-15/h3-10,12,19,21,24H,11,13H2,1-2H3,(H,22,23). The van der Waals surface area contributed by atoms with Crippen molar-refractivity contribution in [3.63, 3.8) is 0 Å². The summed E-state index contributed by atoms with van der Waals surface area (Å²) in [7, 11) is 1.65. The number of nitrogens with zero attached hydrogens (tertiary/aromatic N) is 1. The number of aryl methyl sites for hydroxylation is 1. The molecule has 0 amide bonds. The van der Waals surface area contributed by atoms with Gasteiger partial charge in [-0.2, -0.15) is 5.10 Å². The van der Waals surface area contributed by atoms with Gasteiger partial charge in [-0.05, 0) is 42.3 Å². The number of benzene rings is 2. The molecule has 5 heteroatoms. The number of aromatic nitrogens is 2. The molecule has 1 atom stereocenters. The second-order valence-corrected chi connectivity index (χ2v) is 6.00. The summed E-state index contributed by atoms with van der Waals surface area (Å²) >= 11 is 0. The van der Waals surface area contributed by atoms with Crippen LogP contribution >= 0.6 is 0 Å². The first-order valence-electron chi connectivity index (χ1n) is 8.30. The summed E-state index contributed by atoms with van der Waals surface area (Å²) in [5.41, 5.74) is 5.13. The first kappa shape index (κ1) is 17.2. The number of aliphatic hydroxyl groups is 1. The molecule has 2 aromatic carbocycles. The van der Waals surface area contributed by atoms with Gasteiger partial charge < -0.3 is 15.2 Å². The van der Waals surface area contributed by atoms with Crippen molar-refractivity contribution >= 4 is 0 Å². The first-order valence-corrected chi connectivity index (χ1v) is 8.30. The van der Waals surface area contributed by atoms with E-state index in [1.165, 1.54) is 0 Å². The summed E-state index contributed by atoms with van der Waals surface area (Å²) < 4.78 is 5.19. The maximum absolute atomic E-state index is 10.4. The van der Waals surface area contributed by atoms with Crippen molar-refractivity contribution in [2.45, 2.75) is 19.6 Å².